The SMILES string of the molecule is COc1c(Cl)ncnc1NC1CCCC(C)(C)C1. The van der Waals surface area contributed by atoms with Crippen LogP contribution in [0.15, 0.2) is 6.33 Å². The van der Waals surface area contributed by atoms with E-state index >= 15 is 0 Å². The molecule has 1 unspecified atom stereocenters. The van der Waals surface area contributed by atoms with Crippen molar-refractivity contribution in [2.45, 2.75) is 45.6 Å². The molecular formula is C13H20ClN3O. The predicted molar refractivity (Wildman–Crippen MR) is 73.3 cm³/mol. The van der Waals surface area contributed by atoms with E-state index in [2.05, 4.69) is 29.1 Å². The molecule has 0 amide bonds. The van der Waals surface area contributed by atoms with Gasteiger partial charge in [0.2, 0.25) is 0 Å². The van der Waals surface area contributed by atoms with Gasteiger partial charge in [-0.25, -0.2) is 9.97 Å². The molecule has 2 rings (SSSR count). The molecule has 1 N–H and O–H groups in total. The van der Waals surface area contributed by atoms with Crippen LogP contribution in [0.25, 0.3) is 0 Å². The molecule has 0 saturated heterocycles. The van der Waals surface area contributed by atoms with E-state index in [1.165, 1.54) is 19.2 Å². The quantitative estimate of drug-likeness (QED) is 0.853. The fourth-order valence-electron chi connectivity index (χ4n) is 2.65. The normalized spacial score (nSPS) is 22.6. The lowest BCUT2D eigenvalue weighted by molar-refractivity contribution is 0.229. The number of halogens is 1. The number of hydrogen-bond donors (Lipinski definition) is 1. The molecule has 18 heavy (non-hydrogen) atoms. The molecule has 1 aromatic rings. The van der Waals surface area contributed by atoms with Gasteiger partial charge in [-0.1, -0.05) is 31.9 Å². The number of nitrogens with zero attached hydrogens (tertiary/aromatic N) is 2. The van der Waals surface area contributed by atoms with Crippen LogP contribution in [0, 0.1) is 5.41 Å². The lowest BCUT2D eigenvalue weighted by Crippen LogP contribution is -2.32. The Morgan fingerprint density at radius 3 is 2.89 bits per heavy atom. The van der Waals surface area contributed by atoms with Gasteiger partial charge in [-0.3, -0.25) is 0 Å². The van der Waals surface area contributed by atoms with Crippen LogP contribution in [0.2, 0.25) is 5.15 Å². The highest BCUT2D eigenvalue weighted by Crippen LogP contribution is 2.37. The van der Waals surface area contributed by atoms with Gasteiger partial charge in [0.25, 0.3) is 0 Å². The number of anilines is 1. The van der Waals surface area contributed by atoms with Crippen LogP contribution in [0.3, 0.4) is 0 Å². The van der Waals surface area contributed by atoms with Crippen LogP contribution in [-0.2, 0) is 0 Å². The summed E-state index contributed by atoms with van der Waals surface area (Å²) in [6.07, 6.45) is 6.28. The number of ether oxygens (including phenoxy) is 1. The molecule has 5 heteroatoms. The van der Waals surface area contributed by atoms with Crippen LogP contribution in [-0.4, -0.2) is 23.1 Å². The first-order valence-corrected chi connectivity index (χ1v) is 6.71. The van der Waals surface area contributed by atoms with E-state index in [1.807, 2.05) is 0 Å². The van der Waals surface area contributed by atoms with Crippen molar-refractivity contribution in [3.63, 3.8) is 0 Å². The molecule has 4 nitrogen and oxygen atoms in total. The summed E-state index contributed by atoms with van der Waals surface area (Å²) in [6.45, 7) is 4.62. The first-order valence-electron chi connectivity index (χ1n) is 6.33. The molecule has 100 valence electrons. The Morgan fingerprint density at radius 1 is 1.44 bits per heavy atom. The van der Waals surface area contributed by atoms with Crippen molar-refractivity contribution in [1.29, 1.82) is 0 Å². The molecule has 1 aliphatic carbocycles. The lowest BCUT2D eigenvalue weighted by Gasteiger charge is -2.35. The summed E-state index contributed by atoms with van der Waals surface area (Å²) in [5.74, 6) is 1.22. The molecule has 1 fully saturated rings. The minimum Gasteiger partial charge on any atom is -0.490 e. The number of rotatable bonds is 3. The molecule has 0 bridgehead atoms. The topological polar surface area (TPSA) is 47.0 Å². The zero-order valence-corrected chi connectivity index (χ0v) is 11.9. The van der Waals surface area contributed by atoms with E-state index in [1.54, 1.807) is 7.11 Å². The summed E-state index contributed by atoms with van der Waals surface area (Å²) in [7, 11) is 1.58. The first-order chi connectivity index (χ1) is 8.52. The van der Waals surface area contributed by atoms with E-state index in [-0.39, 0.29) is 0 Å². The lowest BCUT2D eigenvalue weighted by atomic mass is 9.75. The highest BCUT2D eigenvalue weighted by molar-refractivity contribution is 6.31. The maximum absolute atomic E-state index is 5.99. The maximum Gasteiger partial charge on any atom is 0.198 e. The van der Waals surface area contributed by atoms with Gasteiger partial charge in [-0.05, 0) is 24.7 Å². The van der Waals surface area contributed by atoms with Crippen molar-refractivity contribution in [3.05, 3.63) is 11.5 Å². The van der Waals surface area contributed by atoms with Gasteiger partial charge < -0.3 is 10.1 Å². The molecule has 0 radical (unpaired) electrons. The molecule has 1 atom stereocenters. The van der Waals surface area contributed by atoms with Crippen LogP contribution in [0.4, 0.5) is 5.82 Å². The van der Waals surface area contributed by atoms with E-state index in [4.69, 9.17) is 16.3 Å². The number of hydrogen-bond acceptors (Lipinski definition) is 4. The Labute approximate surface area is 113 Å². The van der Waals surface area contributed by atoms with Gasteiger partial charge in [-0.2, -0.15) is 0 Å². The van der Waals surface area contributed by atoms with Crippen molar-refractivity contribution >= 4 is 17.4 Å². The second-order valence-corrected chi connectivity index (χ2v) is 6.01. The maximum atomic E-state index is 5.99. The van der Waals surface area contributed by atoms with Gasteiger partial charge in [0, 0.05) is 6.04 Å². The average Bonchev–Trinajstić information content (AvgIpc) is 2.28. The third-order valence-corrected chi connectivity index (χ3v) is 3.78. The Bertz CT molecular complexity index is 423. The Kier molecular flexibility index (Phi) is 3.95. The van der Waals surface area contributed by atoms with E-state index in [9.17, 15) is 0 Å². The largest absolute Gasteiger partial charge is 0.490 e. The van der Waals surface area contributed by atoms with E-state index in [0.717, 1.165) is 12.8 Å². The van der Waals surface area contributed by atoms with Crippen LogP contribution < -0.4 is 10.1 Å². The van der Waals surface area contributed by atoms with Crippen LogP contribution in [0.5, 0.6) is 5.75 Å². The molecule has 1 heterocycles. The monoisotopic (exact) mass is 269 g/mol. The van der Waals surface area contributed by atoms with Gasteiger partial charge in [0.1, 0.15) is 6.33 Å². The Hall–Kier alpha value is -1.03. The van der Waals surface area contributed by atoms with Crippen molar-refractivity contribution in [2.24, 2.45) is 5.41 Å². The third kappa shape index (κ3) is 3.05. The minimum absolute atomic E-state index is 0.352. The fraction of sp³-hybridized carbons (Fsp3) is 0.692. The molecular weight excluding hydrogens is 250 g/mol. The molecule has 0 spiro atoms. The molecule has 1 aromatic heterocycles. The van der Waals surface area contributed by atoms with E-state index in [0.29, 0.717) is 28.2 Å². The summed E-state index contributed by atoms with van der Waals surface area (Å²) in [5, 5.41) is 3.79. The molecule has 1 saturated carbocycles. The zero-order valence-electron chi connectivity index (χ0n) is 11.2. The van der Waals surface area contributed by atoms with Crippen molar-refractivity contribution in [2.75, 3.05) is 12.4 Å². The fourth-order valence-corrected chi connectivity index (χ4v) is 2.86. The number of methoxy groups -OCH3 is 1. The number of aromatic nitrogens is 2. The third-order valence-electron chi connectivity index (χ3n) is 3.51. The van der Waals surface area contributed by atoms with Gasteiger partial charge in [0.15, 0.2) is 16.7 Å². The smallest absolute Gasteiger partial charge is 0.198 e. The second kappa shape index (κ2) is 5.31. The standard InChI is InChI=1S/C13H20ClN3O/c1-13(2)6-4-5-9(7-13)17-12-10(18-3)11(14)15-8-16-12/h8-9H,4-7H2,1-3H3,(H,15,16,17). The molecule has 0 aromatic carbocycles. The predicted octanol–water partition coefficient (Wildman–Crippen LogP) is 3.52. The van der Waals surface area contributed by atoms with Gasteiger partial charge >= 0.3 is 0 Å². The second-order valence-electron chi connectivity index (χ2n) is 5.65. The number of nitrogens with one attached hydrogen (secondary N) is 1. The van der Waals surface area contributed by atoms with Crippen molar-refractivity contribution in [1.82, 2.24) is 9.97 Å². The summed E-state index contributed by atoms with van der Waals surface area (Å²) in [5.41, 5.74) is 0.389. The van der Waals surface area contributed by atoms with Gasteiger partial charge in [0.05, 0.1) is 7.11 Å². The summed E-state index contributed by atoms with van der Waals surface area (Å²) < 4.78 is 5.25. The van der Waals surface area contributed by atoms with Crippen LogP contribution >= 0.6 is 11.6 Å². The average molecular weight is 270 g/mol. The highest BCUT2D eigenvalue weighted by Gasteiger charge is 2.28. The first kappa shape index (κ1) is 13.4. The van der Waals surface area contributed by atoms with Gasteiger partial charge in [-0.15, -0.1) is 0 Å². The summed E-state index contributed by atoms with van der Waals surface area (Å²) in [6, 6.07) is 0.425. The summed E-state index contributed by atoms with van der Waals surface area (Å²) in [4.78, 5) is 8.14. The van der Waals surface area contributed by atoms with Crippen molar-refractivity contribution in [3.8, 4) is 5.75 Å². The Balaban J connectivity index is 2.12. The summed E-state index contributed by atoms with van der Waals surface area (Å²) >= 11 is 5.99. The zero-order chi connectivity index (χ0) is 13.2. The van der Waals surface area contributed by atoms with Crippen LogP contribution in [0.1, 0.15) is 39.5 Å². The highest BCUT2D eigenvalue weighted by atomic mass is 35.5. The van der Waals surface area contributed by atoms with Crippen molar-refractivity contribution < 1.29 is 4.74 Å². The minimum atomic E-state index is 0.352. The Morgan fingerprint density at radius 2 is 2.22 bits per heavy atom. The molecule has 0 aliphatic heterocycles. The molecule has 1 aliphatic rings. The van der Waals surface area contributed by atoms with E-state index < -0.39 is 0 Å².